The molecule has 2 heteroatoms. The molecule has 0 amide bonds. The Balaban J connectivity index is 1.81. The standard InChI is InChI=1S/C13H19NO/c14-13(9-12-6-7-15-10-12)8-11-4-2-1-3-5-11/h4,6-7,10,13H,1-3,5,8-9,14H2. The third-order valence-corrected chi connectivity index (χ3v) is 2.99. The average molecular weight is 205 g/mol. The average Bonchev–Trinajstić information content (AvgIpc) is 2.71. The molecule has 1 aliphatic rings. The highest BCUT2D eigenvalue weighted by Crippen LogP contribution is 2.21. The van der Waals surface area contributed by atoms with Gasteiger partial charge in [0.15, 0.2) is 0 Å². The van der Waals surface area contributed by atoms with E-state index in [-0.39, 0.29) is 6.04 Å². The summed E-state index contributed by atoms with van der Waals surface area (Å²) in [7, 11) is 0. The van der Waals surface area contributed by atoms with E-state index in [1.807, 2.05) is 6.07 Å². The topological polar surface area (TPSA) is 39.2 Å². The van der Waals surface area contributed by atoms with Crippen LogP contribution in [-0.2, 0) is 6.42 Å². The van der Waals surface area contributed by atoms with E-state index < -0.39 is 0 Å². The van der Waals surface area contributed by atoms with Crippen LogP contribution in [0.2, 0.25) is 0 Å². The zero-order chi connectivity index (χ0) is 10.5. The first kappa shape index (κ1) is 10.5. The van der Waals surface area contributed by atoms with Gasteiger partial charge in [-0.2, -0.15) is 0 Å². The molecule has 0 radical (unpaired) electrons. The highest BCUT2D eigenvalue weighted by atomic mass is 16.3. The maximum atomic E-state index is 6.11. The van der Waals surface area contributed by atoms with E-state index in [1.54, 1.807) is 18.1 Å². The van der Waals surface area contributed by atoms with Crippen molar-refractivity contribution in [3.8, 4) is 0 Å². The Hall–Kier alpha value is -1.02. The van der Waals surface area contributed by atoms with Crippen LogP contribution >= 0.6 is 0 Å². The summed E-state index contributed by atoms with van der Waals surface area (Å²) in [6, 6.07) is 2.24. The number of nitrogens with two attached hydrogens (primary N) is 1. The van der Waals surface area contributed by atoms with Crippen LogP contribution in [0.15, 0.2) is 34.7 Å². The van der Waals surface area contributed by atoms with Crippen molar-refractivity contribution in [3.05, 3.63) is 35.8 Å². The van der Waals surface area contributed by atoms with Gasteiger partial charge < -0.3 is 10.2 Å². The Kier molecular flexibility index (Phi) is 3.62. The number of furan rings is 1. The highest BCUT2D eigenvalue weighted by Gasteiger charge is 2.10. The van der Waals surface area contributed by atoms with Gasteiger partial charge in [-0.05, 0) is 50.2 Å². The van der Waals surface area contributed by atoms with Crippen molar-refractivity contribution in [2.24, 2.45) is 5.73 Å². The smallest absolute Gasteiger partial charge is 0.0935 e. The van der Waals surface area contributed by atoms with Gasteiger partial charge in [0.2, 0.25) is 0 Å². The molecule has 0 aliphatic heterocycles. The lowest BCUT2D eigenvalue weighted by Crippen LogP contribution is -2.23. The van der Waals surface area contributed by atoms with Crippen LogP contribution in [0.5, 0.6) is 0 Å². The monoisotopic (exact) mass is 205 g/mol. The quantitative estimate of drug-likeness (QED) is 0.767. The SMILES string of the molecule is NC(CC1=CCCCC1)Cc1ccoc1. The molecule has 2 nitrogen and oxygen atoms in total. The highest BCUT2D eigenvalue weighted by molar-refractivity contribution is 5.11. The van der Waals surface area contributed by atoms with Gasteiger partial charge >= 0.3 is 0 Å². The summed E-state index contributed by atoms with van der Waals surface area (Å²) >= 11 is 0. The minimum Gasteiger partial charge on any atom is -0.472 e. The first-order chi connectivity index (χ1) is 7.34. The van der Waals surface area contributed by atoms with Gasteiger partial charge in [0.1, 0.15) is 0 Å². The zero-order valence-electron chi connectivity index (χ0n) is 9.11. The lowest BCUT2D eigenvalue weighted by atomic mass is 9.93. The summed E-state index contributed by atoms with van der Waals surface area (Å²) < 4.78 is 5.04. The van der Waals surface area contributed by atoms with Crippen LogP contribution < -0.4 is 5.73 Å². The minimum atomic E-state index is 0.243. The van der Waals surface area contributed by atoms with E-state index in [2.05, 4.69) is 6.08 Å². The molecule has 1 aliphatic carbocycles. The molecule has 1 aromatic rings. The second kappa shape index (κ2) is 5.17. The number of hydrogen-bond donors (Lipinski definition) is 1. The summed E-state index contributed by atoms with van der Waals surface area (Å²) in [4.78, 5) is 0. The predicted molar refractivity (Wildman–Crippen MR) is 61.6 cm³/mol. The van der Waals surface area contributed by atoms with Crippen LogP contribution in [0.1, 0.15) is 37.7 Å². The number of rotatable bonds is 4. The first-order valence-electron chi connectivity index (χ1n) is 5.79. The van der Waals surface area contributed by atoms with Crippen molar-refractivity contribution in [2.45, 2.75) is 44.6 Å². The second-order valence-electron chi connectivity index (χ2n) is 4.41. The van der Waals surface area contributed by atoms with Crippen LogP contribution in [0.3, 0.4) is 0 Å². The molecule has 2 N–H and O–H groups in total. The molecule has 1 unspecified atom stereocenters. The van der Waals surface area contributed by atoms with E-state index in [4.69, 9.17) is 10.2 Å². The van der Waals surface area contributed by atoms with Gasteiger partial charge in [0.05, 0.1) is 12.5 Å². The summed E-state index contributed by atoms with van der Waals surface area (Å²) in [5.41, 5.74) is 8.87. The van der Waals surface area contributed by atoms with E-state index in [0.29, 0.717) is 0 Å². The molecular weight excluding hydrogens is 186 g/mol. The zero-order valence-corrected chi connectivity index (χ0v) is 9.11. The molecule has 2 rings (SSSR count). The van der Waals surface area contributed by atoms with Crippen molar-refractivity contribution < 1.29 is 4.42 Å². The van der Waals surface area contributed by atoms with Crippen LogP contribution in [0.25, 0.3) is 0 Å². The van der Waals surface area contributed by atoms with Crippen molar-refractivity contribution in [1.29, 1.82) is 0 Å². The summed E-state index contributed by atoms with van der Waals surface area (Å²) in [5.74, 6) is 0. The molecule has 15 heavy (non-hydrogen) atoms. The molecule has 0 saturated heterocycles. The maximum Gasteiger partial charge on any atom is 0.0935 e. The van der Waals surface area contributed by atoms with Gasteiger partial charge in [-0.25, -0.2) is 0 Å². The van der Waals surface area contributed by atoms with E-state index in [1.165, 1.54) is 31.2 Å². The first-order valence-corrected chi connectivity index (χ1v) is 5.79. The van der Waals surface area contributed by atoms with Gasteiger partial charge in [0, 0.05) is 6.04 Å². The third-order valence-electron chi connectivity index (χ3n) is 2.99. The Bertz CT molecular complexity index is 313. The Labute approximate surface area is 91.2 Å². The fourth-order valence-electron chi connectivity index (χ4n) is 2.21. The molecule has 1 atom stereocenters. The van der Waals surface area contributed by atoms with E-state index in [0.717, 1.165) is 12.8 Å². The van der Waals surface area contributed by atoms with Gasteiger partial charge in [-0.3, -0.25) is 0 Å². The second-order valence-corrected chi connectivity index (χ2v) is 4.41. The normalized spacial score (nSPS) is 18.6. The molecule has 0 bridgehead atoms. The fourth-order valence-corrected chi connectivity index (χ4v) is 2.21. The molecule has 1 aromatic heterocycles. The number of allylic oxidation sites excluding steroid dienone is 1. The summed E-state index contributed by atoms with van der Waals surface area (Å²) in [5, 5.41) is 0. The van der Waals surface area contributed by atoms with Crippen molar-refractivity contribution in [3.63, 3.8) is 0 Å². The predicted octanol–water partition coefficient (Wildman–Crippen LogP) is 3.04. The summed E-state index contributed by atoms with van der Waals surface area (Å²) in [6.07, 6.45) is 13.0. The maximum absolute atomic E-state index is 6.11. The summed E-state index contributed by atoms with van der Waals surface area (Å²) in [6.45, 7) is 0. The van der Waals surface area contributed by atoms with E-state index in [9.17, 15) is 0 Å². The van der Waals surface area contributed by atoms with E-state index >= 15 is 0 Å². The molecule has 0 spiro atoms. The number of hydrogen-bond acceptors (Lipinski definition) is 2. The molecule has 82 valence electrons. The molecular formula is C13H19NO. The van der Waals surface area contributed by atoms with Crippen molar-refractivity contribution >= 4 is 0 Å². The van der Waals surface area contributed by atoms with Crippen LogP contribution in [0.4, 0.5) is 0 Å². The lowest BCUT2D eigenvalue weighted by Gasteiger charge is -2.16. The van der Waals surface area contributed by atoms with Gasteiger partial charge in [0.25, 0.3) is 0 Å². The molecule has 1 heterocycles. The Morgan fingerprint density at radius 2 is 2.27 bits per heavy atom. The minimum absolute atomic E-state index is 0.243. The largest absolute Gasteiger partial charge is 0.472 e. The van der Waals surface area contributed by atoms with Crippen molar-refractivity contribution in [2.75, 3.05) is 0 Å². The van der Waals surface area contributed by atoms with Gasteiger partial charge in [-0.1, -0.05) is 11.6 Å². The fraction of sp³-hybridized carbons (Fsp3) is 0.538. The van der Waals surface area contributed by atoms with Crippen molar-refractivity contribution in [1.82, 2.24) is 0 Å². The Morgan fingerprint density at radius 3 is 2.93 bits per heavy atom. The van der Waals surface area contributed by atoms with Crippen LogP contribution in [0, 0.1) is 0 Å². The lowest BCUT2D eigenvalue weighted by molar-refractivity contribution is 0.557. The Morgan fingerprint density at radius 1 is 1.33 bits per heavy atom. The van der Waals surface area contributed by atoms with Gasteiger partial charge in [-0.15, -0.1) is 0 Å². The molecule has 0 saturated carbocycles. The third kappa shape index (κ3) is 3.24. The molecule has 0 fully saturated rings. The molecule has 0 aromatic carbocycles. The van der Waals surface area contributed by atoms with Crippen LogP contribution in [-0.4, -0.2) is 6.04 Å².